The van der Waals surface area contributed by atoms with Crippen molar-refractivity contribution >= 4 is 0 Å². The number of hydrogen-bond acceptors (Lipinski definition) is 3. The van der Waals surface area contributed by atoms with Gasteiger partial charge < -0.3 is 4.74 Å². The fourth-order valence-corrected chi connectivity index (χ4v) is 1.25. The normalized spacial score (nSPS) is 17.3. The number of alkyl halides is 3. The fraction of sp³-hybridized carbons (Fsp3) is 0.556. The first-order valence-corrected chi connectivity index (χ1v) is 4.61. The first kappa shape index (κ1) is 10.2. The van der Waals surface area contributed by atoms with Gasteiger partial charge in [-0.25, -0.2) is 9.97 Å². The van der Waals surface area contributed by atoms with Gasteiger partial charge >= 0.3 is 6.18 Å². The van der Waals surface area contributed by atoms with E-state index in [4.69, 9.17) is 4.74 Å². The standard InChI is InChI=1S/C9H9F3N2O/c10-9(11,12)7-4-13-5-14-8(7)15-6-2-1-3-6/h4-6H,1-3H2. The zero-order valence-electron chi connectivity index (χ0n) is 7.79. The van der Waals surface area contributed by atoms with Crippen LogP contribution in [0.1, 0.15) is 24.8 Å². The monoisotopic (exact) mass is 218 g/mol. The van der Waals surface area contributed by atoms with Gasteiger partial charge in [0.05, 0.1) is 0 Å². The topological polar surface area (TPSA) is 35.0 Å². The van der Waals surface area contributed by atoms with Gasteiger partial charge in [-0.1, -0.05) is 0 Å². The first-order valence-electron chi connectivity index (χ1n) is 4.61. The summed E-state index contributed by atoms with van der Waals surface area (Å²) in [6.07, 6.45) is -0.203. The lowest BCUT2D eigenvalue weighted by Crippen LogP contribution is -2.26. The third kappa shape index (κ3) is 2.19. The summed E-state index contributed by atoms with van der Waals surface area (Å²) in [5, 5.41) is 0. The Morgan fingerprint density at radius 3 is 2.60 bits per heavy atom. The molecule has 15 heavy (non-hydrogen) atoms. The van der Waals surface area contributed by atoms with E-state index in [1.54, 1.807) is 0 Å². The molecule has 0 radical (unpaired) electrons. The summed E-state index contributed by atoms with van der Waals surface area (Å²) in [4.78, 5) is 6.87. The molecule has 1 saturated carbocycles. The van der Waals surface area contributed by atoms with Gasteiger partial charge in [0, 0.05) is 6.20 Å². The van der Waals surface area contributed by atoms with Crippen molar-refractivity contribution < 1.29 is 17.9 Å². The van der Waals surface area contributed by atoms with Crippen LogP contribution in [0.4, 0.5) is 13.2 Å². The molecule has 1 aromatic heterocycles. The van der Waals surface area contributed by atoms with Crippen molar-refractivity contribution in [1.29, 1.82) is 0 Å². The predicted octanol–water partition coefficient (Wildman–Crippen LogP) is 2.43. The van der Waals surface area contributed by atoms with Crippen LogP contribution >= 0.6 is 0 Å². The van der Waals surface area contributed by atoms with Gasteiger partial charge in [0.1, 0.15) is 18.0 Å². The molecule has 0 bridgehead atoms. The third-order valence-corrected chi connectivity index (χ3v) is 2.31. The molecule has 2 rings (SSSR count). The molecule has 3 nitrogen and oxygen atoms in total. The maximum Gasteiger partial charge on any atom is 0.423 e. The Hall–Kier alpha value is -1.33. The number of aromatic nitrogens is 2. The molecule has 1 aromatic rings. The minimum atomic E-state index is -4.46. The molecule has 1 heterocycles. The van der Waals surface area contributed by atoms with Crippen LogP contribution in [0.25, 0.3) is 0 Å². The van der Waals surface area contributed by atoms with Gasteiger partial charge in [-0.05, 0) is 19.3 Å². The Bertz CT molecular complexity index is 349. The lowest BCUT2D eigenvalue weighted by atomic mass is 9.96. The number of hydrogen-bond donors (Lipinski definition) is 0. The Kier molecular flexibility index (Phi) is 2.50. The molecule has 1 aliphatic carbocycles. The molecule has 1 aliphatic rings. The Morgan fingerprint density at radius 2 is 2.07 bits per heavy atom. The van der Waals surface area contributed by atoms with Crippen molar-refractivity contribution in [1.82, 2.24) is 9.97 Å². The van der Waals surface area contributed by atoms with Gasteiger partial charge in [0.15, 0.2) is 0 Å². The van der Waals surface area contributed by atoms with Gasteiger partial charge in [0.25, 0.3) is 0 Å². The van der Waals surface area contributed by atoms with E-state index < -0.39 is 11.7 Å². The van der Waals surface area contributed by atoms with Crippen LogP contribution in [-0.2, 0) is 6.18 Å². The quantitative estimate of drug-likeness (QED) is 0.764. The van der Waals surface area contributed by atoms with Crippen LogP contribution in [-0.4, -0.2) is 16.1 Å². The van der Waals surface area contributed by atoms with E-state index in [2.05, 4.69) is 9.97 Å². The highest BCUT2D eigenvalue weighted by molar-refractivity contribution is 5.25. The average Bonchev–Trinajstić information content (AvgIpc) is 2.10. The molecule has 0 unspecified atom stereocenters. The smallest absolute Gasteiger partial charge is 0.423 e. The molecule has 0 saturated heterocycles. The highest BCUT2D eigenvalue weighted by Gasteiger charge is 2.36. The van der Waals surface area contributed by atoms with Crippen molar-refractivity contribution in [2.24, 2.45) is 0 Å². The van der Waals surface area contributed by atoms with Crippen LogP contribution in [0.2, 0.25) is 0 Å². The zero-order chi connectivity index (χ0) is 10.9. The van der Waals surface area contributed by atoms with E-state index in [-0.39, 0.29) is 12.0 Å². The summed E-state index contributed by atoms with van der Waals surface area (Å²) < 4.78 is 42.5. The highest BCUT2D eigenvalue weighted by atomic mass is 19.4. The molecular formula is C9H9F3N2O. The molecule has 1 fully saturated rings. The fourth-order valence-electron chi connectivity index (χ4n) is 1.25. The van der Waals surface area contributed by atoms with E-state index >= 15 is 0 Å². The Morgan fingerprint density at radius 1 is 1.33 bits per heavy atom. The first-order chi connectivity index (χ1) is 7.07. The van der Waals surface area contributed by atoms with Crippen molar-refractivity contribution in [3.05, 3.63) is 18.1 Å². The summed E-state index contributed by atoms with van der Waals surface area (Å²) >= 11 is 0. The summed E-state index contributed by atoms with van der Waals surface area (Å²) in [7, 11) is 0. The largest absolute Gasteiger partial charge is 0.474 e. The second-order valence-electron chi connectivity index (χ2n) is 3.41. The summed E-state index contributed by atoms with van der Waals surface area (Å²) in [5.74, 6) is -0.359. The Labute approximate surface area is 84.3 Å². The van der Waals surface area contributed by atoms with Crippen LogP contribution < -0.4 is 4.74 Å². The van der Waals surface area contributed by atoms with Crippen LogP contribution in [0.3, 0.4) is 0 Å². The molecule has 0 aliphatic heterocycles. The minimum absolute atomic E-state index is 0.124. The predicted molar refractivity (Wildman–Crippen MR) is 45.3 cm³/mol. The Balaban J connectivity index is 2.21. The molecule has 6 heteroatoms. The summed E-state index contributed by atoms with van der Waals surface area (Å²) in [6, 6.07) is 0. The van der Waals surface area contributed by atoms with Crippen LogP contribution in [0.15, 0.2) is 12.5 Å². The van der Waals surface area contributed by atoms with E-state index in [0.29, 0.717) is 0 Å². The van der Waals surface area contributed by atoms with E-state index in [0.717, 1.165) is 31.8 Å². The molecular weight excluding hydrogens is 209 g/mol. The minimum Gasteiger partial charge on any atom is -0.474 e. The molecule has 0 amide bonds. The molecule has 82 valence electrons. The maximum atomic E-state index is 12.5. The van der Waals surface area contributed by atoms with Gasteiger partial charge in [-0.15, -0.1) is 0 Å². The van der Waals surface area contributed by atoms with Crippen LogP contribution in [0.5, 0.6) is 5.88 Å². The zero-order valence-corrected chi connectivity index (χ0v) is 7.79. The van der Waals surface area contributed by atoms with Gasteiger partial charge in [-0.2, -0.15) is 13.2 Å². The van der Waals surface area contributed by atoms with Gasteiger partial charge in [-0.3, -0.25) is 0 Å². The molecule has 0 aromatic carbocycles. The van der Waals surface area contributed by atoms with Crippen molar-refractivity contribution in [3.63, 3.8) is 0 Å². The molecule has 0 N–H and O–H groups in total. The van der Waals surface area contributed by atoms with E-state index in [1.165, 1.54) is 0 Å². The summed E-state index contributed by atoms with van der Waals surface area (Å²) in [6.45, 7) is 0. The number of nitrogens with zero attached hydrogens (tertiary/aromatic N) is 2. The molecule has 0 atom stereocenters. The summed E-state index contributed by atoms with van der Waals surface area (Å²) in [5.41, 5.74) is -0.906. The van der Waals surface area contributed by atoms with Gasteiger partial charge in [0.2, 0.25) is 5.88 Å². The second-order valence-corrected chi connectivity index (χ2v) is 3.41. The van der Waals surface area contributed by atoms with Crippen molar-refractivity contribution in [2.45, 2.75) is 31.5 Å². The average molecular weight is 218 g/mol. The molecule has 0 spiro atoms. The lowest BCUT2D eigenvalue weighted by molar-refractivity contribution is -0.140. The maximum absolute atomic E-state index is 12.5. The van der Waals surface area contributed by atoms with E-state index in [1.807, 2.05) is 0 Å². The lowest BCUT2D eigenvalue weighted by Gasteiger charge is -2.26. The highest BCUT2D eigenvalue weighted by Crippen LogP contribution is 2.35. The van der Waals surface area contributed by atoms with Crippen LogP contribution in [0, 0.1) is 0 Å². The number of rotatable bonds is 2. The number of ether oxygens (including phenoxy) is 1. The SMILES string of the molecule is FC(F)(F)c1cncnc1OC1CCC1. The number of halogens is 3. The second kappa shape index (κ2) is 3.67. The third-order valence-electron chi connectivity index (χ3n) is 2.31. The van der Waals surface area contributed by atoms with Crippen molar-refractivity contribution in [2.75, 3.05) is 0 Å². The van der Waals surface area contributed by atoms with Crippen molar-refractivity contribution in [3.8, 4) is 5.88 Å². The van der Waals surface area contributed by atoms with E-state index in [9.17, 15) is 13.2 Å².